The van der Waals surface area contributed by atoms with Gasteiger partial charge in [0.05, 0.1) is 6.54 Å². The van der Waals surface area contributed by atoms with E-state index in [4.69, 9.17) is 5.73 Å². The Hall–Kier alpha value is -1.59. The maximum absolute atomic E-state index is 10.9. The first-order valence-electron chi connectivity index (χ1n) is 7.70. The molecule has 1 amide bonds. The third-order valence-electron chi connectivity index (χ3n) is 4.50. The van der Waals surface area contributed by atoms with Gasteiger partial charge in [0.25, 0.3) is 0 Å². The minimum absolute atomic E-state index is 0.230. The lowest BCUT2D eigenvalue weighted by atomic mass is 10.1. The van der Waals surface area contributed by atoms with Gasteiger partial charge in [-0.25, -0.2) is 0 Å². The van der Waals surface area contributed by atoms with Gasteiger partial charge in [0, 0.05) is 44.5 Å². The number of para-hydroxylation sites is 1. The highest BCUT2D eigenvalue weighted by atomic mass is 16.1. The first-order chi connectivity index (χ1) is 10.1. The van der Waals surface area contributed by atoms with E-state index in [1.165, 1.54) is 16.8 Å². The van der Waals surface area contributed by atoms with Gasteiger partial charge in [0.2, 0.25) is 5.91 Å². The Balaban J connectivity index is 1.49. The molecule has 2 aliphatic rings. The SMILES string of the molecule is Cc1cccc2c1NC(CN1CCN(CC(N)=O)CC1)C2. The molecular weight excluding hydrogens is 264 g/mol. The summed E-state index contributed by atoms with van der Waals surface area (Å²) in [5, 5.41) is 3.66. The molecule has 5 nitrogen and oxygen atoms in total. The van der Waals surface area contributed by atoms with E-state index in [9.17, 15) is 4.79 Å². The van der Waals surface area contributed by atoms with Crippen molar-refractivity contribution in [1.29, 1.82) is 0 Å². The molecule has 0 radical (unpaired) electrons. The van der Waals surface area contributed by atoms with E-state index in [1.54, 1.807) is 0 Å². The van der Waals surface area contributed by atoms with Gasteiger partial charge < -0.3 is 11.1 Å². The van der Waals surface area contributed by atoms with E-state index in [2.05, 4.69) is 40.2 Å². The van der Waals surface area contributed by atoms with E-state index >= 15 is 0 Å². The molecule has 3 N–H and O–H groups in total. The fourth-order valence-electron chi connectivity index (χ4n) is 3.40. The number of nitrogens with zero attached hydrogens (tertiary/aromatic N) is 2. The molecule has 1 atom stereocenters. The lowest BCUT2D eigenvalue weighted by molar-refractivity contribution is -0.119. The highest BCUT2D eigenvalue weighted by Gasteiger charge is 2.25. The zero-order valence-electron chi connectivity index (χ0n) is 12.6. The van der Waals surface area contributed by atoms with E-state index < -0.39 is 0 Å². The third kappa shape index (κ3) is 3.36. The first-order valence-corrected chi connectivity index (χ1v) is 7.70. The number of fused-ring (bicyclic) bond motifs is 1. The van der Waals surface area contributed by atoms with Crippen LogP contribution in [0.2, 0.25) is 0 Å². The van der Waals surface area contributed by atoms with Crippen molar-refractivity contribution in [3.8, 4) is 0 Å². The van der Waals surface area contributed by atoms with Crippen LogP contribution < -0.4 is 11.1 Å². The van der Waals surface area contributed by atoms with E-state index in [0.29, 0.717) is 12.6 Å². The monoisotopic (exact) mass is 288 g/mol. The maximum atomic E-state index is 10.9. The zero-order chi connectivity index (χ0) is 14.8. The first kappa shape index (κ1) is 14.4. The Labute approximate surface area is 126 Å². The van der Waals surface area contributed by atoms with Crippen LogP contribution >= 0.6 is 0 Å². The smallest absolute Gasteiger partial charge is 0.231 e. The third-order valence-corrected chi connectivity index (χ3v) is 4.50. The molecule has 1 unspecified atom stereocenters. The highest BCUT2D eigenvalue weighted by molar-refractivity contribution is 5.75. The van der Waals surface area contributed by atoms with Gasteiger partial charge in [-0.3, -0.25) is 14.6 Å². The molecule has 2 heterocycles. The largest absolute Gasteiger partial charge is 0.380 e. The summed E-state index contributed by atoms with van der Waals surface area (Å²) in [6.45, 7) is 7.51. The summed E-state index contributed by atoms with van der Waals surface area (Å²) in [7, 11) is 0. The zero-order valence-corrected chi connectivity index (χ0v) is 12.6. The topological polar surface area (TPSA) is 61.6 Å². The number of carbonyl (C=O) groups is 1. The molecular formula is C16H24N4O. The van der Waals surface area contributed by atoms with Crippen molar-refractivity contribution in [1.82, 2.24) is 9.80 Å². The van der Waals surface area contributed by atoms with Crippen molar-refractivity contribution in [3.63, 3.8) is 0 Å². The van der Waals surface area contributed by atoms with Crippen LogP contribution in [0.3, 0.4) is 0 Å². The number of nitrogens with two attached hydrogens (primary N) is 1. The predicted octanol–water partition coefficient (Wildman–Crippen LogP) is 0.435. The van der Waals surface area contributed by atoms with Gasteiger partial charge in [0.1, 0.15) is 0 Å². The van der Waals surface area contributed by atoms with E-state index in [1.807, 2.05) is 0 Å². The lowest BCUT2D eigenvalue weighted by Gasteiger charge is -2.35. The molecule has 0 spiro atoms. The van der Waals surface area contributed by atoms with Crippen molar-refractivity contribution < 1.29 is 4.79 Å². The fraction of sp³-hybridized carbons (Fsp3) is 0.562. The Morgan fingerprint density at radius 3 is 2.67 bits per heavy atom. The molecule has 1 aromatic rings. The van der Waals surface area contributed by atoms with Crippen molar-refractivity contribution in [2.75, 3.05) is 44.6 Å². The Morgan fingerprint density at radius 2 is 2.00 bits per heavy atom. The molecule has 1 aromatic carbocycles. The number of rotatable bonds is 4. The number of anilines is 1. The van der Waals surface area contributed by atoms with Crippen molar-refractivity contribution >= 4 is 11.6 Å². The molecule has 114 valence electrons. The molecule has 5 heteroatoms. The van der Waals surface area contributed by atoms with Crippen LogP contribution in [0, 0.1) is 6.92 Å². The van der Waals surface area contributed by atoms with Crippen LogP contribution in [-0.2, 0) is 11.2 Å². The molecule has 1 saturated heterocycles. The number of nitrogens with one attached hydrogen (secondary N) is 1. The summed E-state index contributed by atoms with van der Waals surface area (Å²) in [5.74, 6) is -0.230. The van der Waals surface area contributed by atoms with Crippen LogP contribution in [0.1, 0.15) is 11.1 Å². The summed E-state index contributed by atoms with van der Waals surface area (Å²) < 4.78 is 0. The Kier molecular flexibility index (Phi) is 4.12. The number of hydrogen-bond donors (Lipinski definition) is 2. The minimum Gasteiger partial charge on any atom is -0.380 e. The quantitative estimate of drug-likeness (QED) is 0.844. The van der Waals surface area contributed by atoms with E-state index in [0.717, 1.165) is 39.1 Å². The summed E-state index contributed by atoms with van der Waals surface area (Å²) in [6.07, 6.45) is 1.11. The Bertz CT molecular complexity index is 523. The standard InChI is InChI=1S/C16H24N4O/c1-12-3-2-4-13-9-14(18-16(12)13)10-19-5-7-20(8-6-19)11-15(17)21/h2-4,14,18H,5-11H2,1H3,(H2,17,21). The summed E-state index contributed by atoms with van der Waals surface area (Å²) >= 11 is 0. The number of benzene rings is 1. The predicted molar refractivity (Wildman–Crippen MR) is 84.4 cm³/mol. The number of carbonyl (C=O) groups excluding carboxylic acids is 1. The van der Waals surface area contributed by atoms with Crippen LogP contribution in [0.15, 0.2) is 18.2 Å². The second kappa shape index (κ2) is 6.03. The van der Waals surface area contributed by atoms with Gasteiger partial charge in [-0.15, -0.1) is 0 Å². The molecule has 21 heavy (non-hydrogen) atoms. The number of amides is 1. The number of piperazine rings is 1. The van der Waals surface area contributed by atoms with Gasteiger partial charge in [-0.2, -0.15) is 0 Å². The van der Waals surface area contributed by atoms with Gasteiger partial charge in [-0.1, -0.05) is 18.2 Å². The lowest BCUT2D eigenvalue weighted by Crippen LogP contribution is -2.51. The van der Waals surface area contributed by atoms with Gasteiger partial charge in [0.15, 0.2) is 0 Å². The molecule has 0 aliphatic carbocycles. The highest BCUT2D eigenvalue weighted by Crippen LogP contribution is 2.29. The fourth-order valence-corrected chi connectivity index (χ4v) is 3.40. The van der Waals surface area contributed by atoms with Crippen LogP contribution in [0.4, 0.5) is 5.69 Å². The molecule has 2 aliphatic heterocycles. The molecule has 0 bridgehead atoms. The van der Waals surface area contributed by atoms with Crippen molar-refractivity contribution in [2.45, 2.75) is 19.4 Å². The molecule has 1 fully saturated rings. The number of primary amides is 1. The van der Waals surface area contributed by atoms with Crippen molar-refractivity contribution in [3.05, 3.63) is 29.3 Å². The summed E-state index contributed by atoms with van der Waals surface area (Å²) in [5.41, 5.74) is 9.35. The summed E-state index contributed by atoms with van der Waals surface area (Å²) in [4.78, 5) is 15.6. The second-order valence-corrected chi connectivity index (χ2v) is 6.20. The van der Waals surface area contributed by atoms with Crippen LogP contribution in [0.5, 0.6) is 0 Å². The Morgan fingerprint density at radius 1 is 1.29 bits per heavy atom. The van der Waals surface area contributed by atoms with Crippen LogP contribution in [0.25, 0.3) is 0 Å². The minimum atomic E-state index is -0.230. The maximum Gasteiger partial charge on any atom is 0.231 e. The van der Waals surface area contributed by atoms with Gasteiger partial charge in [-0.05, 0) is 24.5 Å². The van der Waals surface area contributed by atoms with Crippen molar-refractivity contribution in [2.24, 2.45) is 5.73 Å². The van der Waals surface area contributed by atoms with Gasteiger partial charge >= 0.3 is 0 Å². The number of hydrogen-bond acceptors (Lipinski definition) is 4. The molecule has 0 aromatic heterocycles. The van der Waals surface area contributed by atoms with E-state index in [-0.39, 0.29) is 5.91 Å². The average molecular weight is 288 g/mol. The van der Waals surface area contributed by atoms with Crippen LogP contribution in [-0.4, -0.2) is 61.0 Å². The molecule has 3 rings (SSSR count). The number of aryl methyl sites for hydroxylation is 1. The second-order valence-electron chi connectivity index (χ2n) is 6.20. The summed E-state index contributed by atoms with van der Waals surface area (Å²) in [6, 6.07) is 7.03. The molecule has 0 saturated carbocycles. The normalized spacial score (nSPS) is 22.8. The average Bonchev–Trinajstić information content (AvgIpc) is 2.84.